The summed E-state index contributed by atoms with van der Waals surface area (Å²) in [5.41, 5.74) is -0.0865. The lowest BCUT2D eigenvalue weighted by Gasteiger charge is -1.84. The average molecular weight is 123 g/mol. The third-order valence-corrected chi connectivity index (χ3v) is 0.634. The summed E-state index contributed by atoms with van der Waals surface area (Å²) in [5.74, 6) is -1.11. The molecular weight excluding hydrogens is 118 g/mol. The molecule has 0 rings (SSSR count). The summed E-state index contributed by atoms with van der Waals surface area (Å²) in [5, 5.41) is 16.1. The monoisotopic (exact) mass is 123 g/mol. The molecule has 0 heterocycles. The van der Waals surface area contributed by atoms with E-state index in [-0.39, 0.29) is 5.57 Å². The van der Waals surface area contributed by atoms with Crippen molar-refractivity contribution in [1.82, 2.24) is 0 Å². The number of rotatable bonds is 2. The molecule has 1 N–H and O–H groups in total. The quantitative estimate of drug-likeness (QED) is 0.334. The van der Waals surface area contributed by atoms with Gasteiger partial charge < -0.3 is 5.11 Å². The molecule has 0 fully saturated rings. The first-order valence-corrected chi connectivity index (χ1v) is 2.17. The van der Waals surface area contributed by atoms with Crippen LogP contribution in [0.1, 0.15) is 0 Å². The molecule has 0 aliphatic heterocycles. The number of carboxylic acids is 1. The van der Waals surface area contributed by atoms with Crippen LogP contribution >= 0.6 is 0 Å². The molecule has 0 atom stereocenters. The van der Waals surface area contributed by atoms with Gasteiger partial charge in [0.25, 0.3) is 0 Å². The highest BCUT2D eigenvalue weighted by Gasteiger charge is 1.95. The van der Waals surface area contributed by atoms with Crippen molar-refractivity contribution in [3.05, 3.63) is 24.3 Å². The number of aliphatic carboxylic acids is 1. The second-order valence-corrected chi connectivity index (χ2v) is 1.29. The first-order valence-electron chi connectivity index (χ1n) is 2.17. The van der Waals surface area contributed by atoms with Crippen molar-refractivity contribution in [3.63, 3.8) is 0 Å². The molecule has 0 amide bonds. The van der Waals surface area contributed by atoms with E-state index in [4.69, 9.17) is 10.4 Å². The molecule has 3 heteroatoms. The fourth-order valence-electron chi connectivity index (χ4n) is 0.209. The fraction of sp³-hybridized carbons (Fsp3) is 0. The molecule has 0 saturated heterocycles. The van der Waals surface area contributed by atoms with E-state index in [9.17, 15) is 4.79 Å². The molecule has 0 aromatic rings. The molecule has 0 aliphatic rings. The van der Waals surface area contributed by atoms with Crippen LogP contribution < -0.4 is 0 Å². The number of hydrogen-bond acceptors (Lipinski definition) is 2. The van der Waals surface area contributed by atoms with Gasteiger partial charge in [0.2, 0.25) is 0 Å². The molecule has 0 saturated carbocycles. The third-order valence-electron chi connectivity index (χ3n) is 0.634. The summed E-state index contributed by atoms with van der Waals surface area (Å²) in [6.45, 7) is 3.15. The van der Waals surface area contributed by atoms with Crippen LogP contribution in [0.5, 0.6) is 0 Å². The Hall–Kier alpha value is -1.56. The summed E-state index contributed by atoms with van der Waals surface area (Å²) < 4.78 is 0. The Morgan fingerprint density at radius 1 is 1.78 bits per heavy atom. The SMILES string of the molecule is C=C(C=CC#N)C(=O)O. The second kappa shape index (κ2) is 3.44. The van der Waals surface area contributed by atoms with E-state index in [2.05, 4.69) is 6.58 Å². The molecule has 3 nitrogen and oxygen atoms in total. The average Bonchev–Trinajstić information content (AvgIpc) is 1.82. The van der Waals surface area contributed by atoms with E-state index < -0.39 is 5.97 Å². The van der Waals surface area contributed by atoms with E-state index in [0.717, 1.165) is 12.2 Å². The van der Waals surface area contributed by atoms with Gasteiger partial charge in [-0.05, 0) is 6.08 Å². The van der Waals surface area contributed by atoms with Crippen LogP contribution in [-0.2, 0) is 4.79 Å². The summed E-state index contributed by atoms with van der Waals surface area (Å²) >= 11 is 0. The molecule has 0 bridgehead atoms. The predicted molar refractivity (Wildman–Crippen MR) is 31.5 cm³/mol. The molecule has 0 unspecified atom stereocenters. The Morgan fingerprint density at radius 2 is 2.33 bits per heavy atom. The van der Waals surface area contributed by atoms with Gasteiger partial charge in [-0.1, -0.05) is 6.58 Å². The zero-order chi connectivity index (χ0) is 7.28. The van der Waals surface area contributed by atoms with E-state index in [0.29, 0.717) is 0 Å². The summed E-state index contributed by atoms with van der Waals surface area (Å²) in [4.78, 5) is 9.94. The van der Waals surface area contributed by atoms with Crippen LogP contribution in [0.4, 0.5) is 0 Å². The van der Waals surface area contributed by atoms with Gasteiger partial charge in [-0.25, -0.2) is 4.79 Å². The topological polar surface area (TPSA) is 61.1 Å². The largest absolute Gasteiger partial charge is 0.478 e. The number of nitriles is 1. The lowest BCUT2D eigenvalue weighted by atomic mass is 10.3. The number of nitrogens with zero attached hydrogens (tertiary/aromatic N) is 1. The van der Waals surface area contributed by atoms with Gasteiger partial charge in [-0.2, -0.15) is 5.26 Å². The zero-order valence-electron chi connectivity index (χ0n) is 4.66. The van der Waals surface area contributed by atoms with E-state index in [1.807, 2.05) is 0 Å². The zero-order valence-corrected chi connectivity index (χ0v) is 4.66. The maximum atomic E-state index is 9.94. The molecule has 46 valence electrons. The first-order chi connectivity index (χ1) is 4.18. The van der Waals surface area contributed by atoms with Crippen molar-refractivity contribution < 1.29 is 9.90 Å². The van der Waals surface area contributed by atoms with Crippen molar-refractivity contribution in [3.8, 4) is 6.07 Å². The van der Waals surface area contributed by atoms with Crippen molar-refractivity contribution in [2.45, 2.75) is 0 Å². The minimum Gasteiger partial charge on any atom is -0.478 e. The second-order valence-electron chi connectivity index (χ2n) is 1.29. The highest BCUT2D eigenvalue weighted by atomic mass is 16.4. The molecule has 0 radical (unpaired) electrons. The maximum absolute atomic E-state index is 9.94. The first kappa shape index (κ1) is 7.44. The minimum absolute atomic E-state index is 0.0865. The Kier molecular flexibility index (Phi) is 2.85. The minimum atomic E-state index is -1.11. The fourth-order valence-corrected chi connectivity index (χ4v) is 0.209. The molecule has 0 spiro atoms. The number of carbonyl (C=O) groups is 1. The lowest BCUT2D eigenvalue weighted by Crippen LogP contribution is -1.94. The van der Waals surface area contributed by atoms with Crippen LogP contribution in [0.15, 0.2) is 24.3 Å². The van der Waals surface area contributed by atoms with Crippen LogP contribution in [0.3, 0.4) is 0 Å². The smallest absolute Gasteiger partial charge is 0.335 e. The Balaban J connectivity index is 3.97. The van der Waals surface area contributed by atoms with Gasteiger partial charge in [-0.3, -0.25) is 0 Å². The number of carboxylic acid groups (broad SMARTS) is 1. The normalized spacial score (nSPS) is 8.78. The summed E-state index contributed by atoms with van der Waals surface area (Å²) in [6, 6.07) is 1.65. The van der Waals surface area contributed by atoms with Crippen molar-refractivity contribution in [1.29, 1.82) is 5.26 Å². The van der Waals surface area contributed by atoms with Gasteiger partial charge in [0.05, 0.1) is 11.6 Å². The van der Waals surface area contributed by atoms with Crippen molar-refractivity contribution >= 4 is 5.97 Å². The predicted octanol–water partition coefficient (Wildman–Crippen LogP) is 0.707. The number of hydrogen-bond donors (Lipinski definition) is 1. The van der Waals surface area contributed by atoms with Gasteiger partial charge in [0.1, 0.15) is 0 Å². The van der Waals surface area contributed by atoms with Crippen LogP contribution in [-0.4, -0.2) is 11.1 Å². The number of allylic oxidation sites excluding steroid dienone is 1. The molecule has 9 heavy (non-hydrogen) atoms. The van der Waals surface area contributed by atoms with Crippen molar-refractivity contribution in [2.75, 3.05) is 0 Å². The molecule has 0 aliphatic carbocycles. The maximum Gasteiger partial charge on any atom is 0.335 e. The Bertz CT molecular complexity index is 198. The van der Waals surface area contributed by atoms with Gasteiger partial charge in [0.15, 0.2) is 0 Å². The van der Waals surface area contributed by atoms with Gasteiger partial charge in [0, 0.05) is 6.08 Å². The van der Waals surface area contributed by atoms with Gasteiger partial charge in [-0.15, -0.1) is 0 Å². The molecule has 0 aromatic heterocycles. The molecule has 0 aromatic carbocycles. The van der Waals surface area contributed by atoms with E-state index in [1.54, 1.807) is 6.07 Å². The van der Waals surface area contributed by atoms with E-state index in [1.165, 1.54) is 0 Å². The Morgan fingerprint density at radius 3 is 2.67 bits per heavy atom. The van der Waals surface area contributed by atoms with Crippen LogP contribution in [0.25, 0.3) is 0 Å². The van der Waals surface area contributed by atoms with Crippen LogP contribution in [0.2, 0.25) is 0 Å². The van der Waals surface area contributed by atoms with Crippen molar-refractivity contribution in [2.24, 2.45) is 0 Å². The highest BCUT2D eigenvalue weighted by molar-refractivity contribution is 5.89. The lowest BCUT2D eigenvalue weighted by molar-refractivity contribution is -0.132. The Labute approximate surface area is 52.5 Å². The van der Waals surface area contributed by atoms with Gasteiger partial charge >= 0.3 is 5.97 Å². The molecular formula is C6H5NO2. The van der Waals surface area contributed by atoms with E-state index >= 15 is 0 Å². The third kappa shape index (κ3) is 3.06. The standard InChI is InChI=1S/C6H5NO2/c1-5(6(8)9)3-2-4-7/h2-3H,1H2,(H,8,9). The van der Waals surface area contributed by atoms with Crippen LogP contribution in [0, 0.1) is 11.3 Å². The highest BCUT2D eigenvalue weighted by Crippen LogP contribution is 1.90. The summed E-state index contributed by atoms with van der Waals surface area (Å²) in [6.07, 6.45) is 2.21. The summed E-state index contributed by atoms with van der Waals surface area (Å²) in [7, 11) is 0.